The molecule has 154 valence electrons. The van der Waals surface area contributed by atoms with Crippen LogP contribution in [0.5, 0.6) is 11.5 Å². The molecule has 8 heteroatoms. The number of pyridine rings is 1. The fraction of sp³-hybridized carbons (Fsp3) is 0.429. The van der Waals surface area contributed by atoms with Crippen LogP contribution in [0.2, 0.25) is 0 Å². The SMILES string of the molecule is COc1cc(OC)cc(C(=O)Nc2ccc(N3CCC4(CC3)OCCO4)cn2)c1. The topological polar surface area (TPSA) is 82.2 Å². The average molecular weight is 399 g/mol. The van der Waals surface area contributed by atoms with Crippen molar-refractivity contribution in [2.45, 2.75) is 18.6 Å². The van der Waals surface area contributed by atoms with Crippen LogP contribution in [0.15, 0.2) is 36.5 Å². The minimum absolute atomic E-state index is 0.280. The number of anilines is 2. The van der Waals surface area contributed by atoms with Crippen LogP contribution < -0.4 is 19.7 Å². The maximum atomic E-state index is 12.6. The fourth-order valence-corrected chi connectivity index (χ4v) is 3.67. The number of methoxy groups -OCH3 is 2. The summed E-state index contributed by atoms with van der Waals surface area (Å²) in [6, 6.07) is 8.79. The molecule has 2 saturated heterocycles. The molecule has 1 N–H and O–H groups in total. The number of aromatic nitrogens is 1. The molecule has 1 amide bonds. The summed E-state index contributed by atoms with van der Waals surface area (Å²) in [4.78, 5) is 19.2. The van der Waals surface area contributed by atoms with Crippen molar-refractivity contribution in [3.63, 3.8) is 0 Å². The molecule has 1 aromatic carbocycles. The van der Waals surface area contributed by atoms with E-state index in [4.69, 9.17) is 18.9 Å². The predicted molar refractivity (Wildman–Crippen MR) is 108 cm³/mol. The van der Waals surface area contributed by atoms with Gasteiger partial charge in [-0.1, -0.05) is 0 Å². The molecule has 3 heterocycles. The Morgan fingerprint density at radius 3 is 2.28 bits per heavy atom. The van der Waals surface area contributed by atoms with E-state index in [0.29, 0.717) is 36.1 Å². The number of benzene rings is 1. The van der Waals surface area contributed by atoms with Gasteiger partial charge >= 0.3 is 0 Å². The first kappa shape index (κ1) is 19.5. The van der Waals surface area contributed by atoms with E-state index in [1.165, 1.54) is 0 Å². The molecule has 0 aliphatic carbocycles. The second-order valence-corrected chi connectivity index (χ2v) is 7.05. The Bertz CT molecular complexity index is 833. The predicted octanol–water partition coefficient (Wildman–Crippen LogP) is 2.69. The largest absolute Gasteiger partial charge is 0.497 e. The maximum absolute atomic E-state index is 12.6. The van der Waals surface area contributed by atoms with Crippen LogP contribution in [0.3, 0.4) is 0 Å². The van der Waals surface area contributed by atoms with E-state index in [1.807, 2.05) is 6.07 Å². The van der Waals surface area contributed by atoms with Gasteiger partial charge in [-0.05, 0) is 24.3 Å². The first-order valence-corrected chi connectivity index (χ1v) is 9.64. The molecule has 29 heavy (non-hydrogen) atoms. The Morgan fingerprint density at radius 1 is 1.07 bits per heavy atom. The molecule has 2 aliphatic rings. The Balaban J connectivity index is 1.39. The molecular weight excluding hydrogens is 374 g/mol. The highest BCUT2D eigenvalue weighted by atomic mass is 16.7. The summed E-state index contributed by atoms with van der Waals surface area (Å²) < 4.78 is 22.0. The Labute approximate surface area is 169 Å². The van der Waals surface area contributed by atoms with E-state index >= 15 is 0 Å². The maximum Gasteiger partial charge on any atom is 0.257 e. The molecule has 1 spiro atoms. The van der Waals surface area contributed by atoms with E-state index < -0.39 is 5.79 Å². The van der Waals surface area contributed by atoms with Gasteiger partial charge in [0.25, 0.3) is 5.91 Å². The van der Waals surface area contributed by atoms with Crippen molar-refractivity contribution in [1.29, 1.82) is 0 Å². The molecule has 0 atom stereocenters. The van der Waals surface area contributed by atoms with Crippen LogP contribution in [0.1, 0.15) is 23.2 Å². The molecule has 8 nitrogen and oxygen atoms in total. The van der Waals surface area contributed by atoms with Crippen molar-refractivity contribution in [3.8, 4) is 11.5 Å². The van der Waals surface area contributed by atoms with Crippen molar-refractivity contribution in [1.82, 2.24) is 4.98 Å². The Hall–Kier alpha value is -2.84. The second-order valence-electron chi connectivity index (χ2n) is 7.05. The molecule has 0 bridgehead atoms. The molecular formula is C21H25N3O5. The first-order valence-electron chi connectivity index (χ1n) is 9.64. The van der Waals surface area contributed by atoms with Gasteiger partial charge in [-0.3, -0.25) is 4.79 Å². The highest BCUT2D eigenvalue weighted by Gasteiger charge is 2.39. The number of nitrogens with one attached hydrogen (secondary N) is 1. The smallest absolute Gasteiger partial charge is 0.257 e. The number of rotatable bonds is 5. The van der Waals surface area contributed by atoms with Crippen LogP contribution in [-0.2, 0) is 9.47 Å². The highest BCUT2D eigenvalue weighted by molar-refractivity contribution is 6.04. The molecule has 0 unspecified atom stereocenters. The number of amides is 1. The van der Waals surface area contributed by atoms with Crippen LogP contribution in [0, 0.1) is 0 Å². The summed E-state index contributed by atoms with van der Waals surface area (Å²) in [6.45, 7) is 3.04. The van der Waals surface area contributed by atoms with E-state index in [-0.39, 0.29) is 5.91 Å². The van der Waals surface area contributed by atoms with Crippen molar-refractivity contribution < 1.29 is 23.7 Å². The third-order valence-electron chi connectivity index (χ3n) is 5.31. The van der Waals surface area contributed by atoms with Gasteiger partial charge < -0.3 is 29.2 Å². The minimum atomic E-state index is -0.393. The van der Waals surface area contributed by atoms with Gasteiger partial charge in [-0.25, -0.2) is 4.98 Å². The molecule has 2 fully saturated rings. The fourth-order valence-electron chi connectivity index (χ4n) is 3.67. The lowest BCUT2D eigenvalue weighted by molar-refractivity contribution is -0.169. The van der Waals surface area contributed by atoms with Gasteiger partial charge in [0, 0.05) is 37.6 Å². The van der Waals surface area contributed by atoms with E-state index in [9.17, 15) is 4.79 Å². The van der Waals surface area contributed by atoms with Gasteiger partial charge in [0.1, 0.15) is 17.3 Å². The monoisotopic (exact) mass is 399 g/mol. The highest BCUT2D eigenvalue weighted by Crippen LogP contribution is 2.33. The number of nitrogens with zero attached hydrogens (tertiary/aromatic N) is 2. The first-order chi connectivity index (χ1) is 14.1. The zero-order valence-corrected chi connectivity index (χ0v) is 16.6. The quantitative estimate of drug-likeness (QED) is 0.828. The number of carbonyl (C=O) groups excluding carboxylic acids is 1. The Kier molecular flexibility index (Phi) is 5.55. The van der Waals surface area contributed by atoms with Crippen LogP contribution >= 0.6 is 0 Å². The summed E-state index contributed by atoms with van der Waals surface area (Å²) >= 11 is 0. The van der Waals surface area contributed by atoms with E-state index in [2.05, 4.69) is 15.2 Å². The minimum Gasteiger partial charge on any atom is -0.497 e. The zero-order valence-electron chi connectivity index (χ0n) is 16.6. The van der Waals surface area contributed by atoms with E-state index in [1.54, 1.807) is 44.7 Å². The van der Waals surface area contributed by atoms with E-state index in [0.717, 1.165) is 31.6 Å². The molecule has 2 aliphatic heterocycles. The molecule has 4 rings (SSSR count). The molecule has 0 radical (unpaired) electrons. The molecule has 2 aromatic rings. The van der Waals surface area contributed by atoms with Gasteiger partial charge in [0.2, 0.25) is 0 Å². The summed E-state index contributed by atoms with van der Waals surface area (Å²) in [5, 5.41) is 2.81. The standard InChI is InChI=1S/C21H25N3O5/c1-26-17-11-15(12-18(13-17)27-2)20(25)23-19-4-3-16(14-22-19)24-7-5-21(6-8-24)28-9-10-29-21/h3-4,11-14H,5-10H2,1-2H3,(H,22,23,25). The zero-order chi connectivity index (χ0) is 20.3. The number of hydrogen-bond donors (Lipinski definition) is 1. The van der Waals surface area contributed by atoms with Crippen molar-refractivity contribution in [2.24, 2.45) is 0 Å². The molecule has 1 aromatic heterocycles. The lowest BCUT2D eigenvalue weighted by Gasteiger charge is -2.38. The Morgan fingerprint density at radius 2 is 1.72 bits per heavy atom. The summed E-state index contributed by atoms with van der Waals surface area (Å²) in [5.41, 5.74) is 1.45. The number of ether oxygens (including phenoxy) is 4. The second kappa shape index (κ2) is 8.26. The normalized spacial score (nSPS) is 17.9. The molecule has 0 saturated carbocycles. The van der Waals surface area contributed by atoms with Crippen molar-refractivity contribution >= 4 is 17.4 Å². The average Bonchev–Trinajstić information content (AvgIpc) is 3.22. The lowest BCUT2D eigenvalue weighted by Crippen LogP contribution is -2.45. The van der Waals surface area contributed by atoms with Crippen LogP contribution in [-0.4, -0.2) is 57.2 Å². The van der Waals surface area contributed by atoms with Gasteiger partial charge in [0.15, 0.2) is 5.79 Å². The number of carbonyl (C=O) groups is 1. The summed E-state index contributed by atoms with van der Waals surface area (Å²) in [6.07, 6.45) is 3.45. The third-order valence-corrected chi connectivity index (χ3v) is 5.31. The van der Waals surface area contributed by atoms with Crippen LogP contribution in [0.4, 0.5) is 11.5 Å². The van der Waals surface area contributed by atoms with Gasteiger partial charge in [0.05, 0.1) is 39.3 Å². The summed E-state index contributed by atoms with van der Waals surface area (Å²) in [7, 11) is 3.09. The van der Waals surface area contributed by atoms with Gasteiger partial charge in [-0.15, -0.1) is 0 Å². The van der Waals surface area contributed by atoms with Gasteiger partial charge in [-0.2, -0.15) is 0 Å². The van der Waals surface area contributed by atoms with Crippen molar-refractivity contribution in [2.75, 3.05) is 50.7 Å². The lowest BCUT2D eigenvalue weighted by atomic mass is 10.0. The number of piperidine rings is 1. The third kappa shape index (κ3) is 4.28. The van der Waals surface area contributed by atoms with Crippen LogP contribution in [0.25, 0.3) is 0 Å². The van der Waals surface area contributed by atoms with Crippen molar-refractivity contribution in [3.05, 3.63) is 42.1 Å². The number of hydrogen-bond acceptors (Lipinski definition) is 7. The summed E-state index contributed by atoms with van der Waals surface area (Å²) in [5.74, 6) is 0.913.